The number of ether oxygens (including phenoxy) is 5. The molecule has 4 heterocycles. The van der Waals surface area contributed by atoms with Crippen LogP contribution in [0.4, 0.5) is 0 Å². The van der Waals surface area contributed by atoms with Gasteiger partial charge in [0.15, 0.2) is 0 Å². The molecule has 2 aliphatic heterocycles. The molecule has 61 heavy (non-hydrogen) atoms. The number of hydrogen-bond acceptors (Lipinski definition) is 13. The summed E-state index contributed by atoms with van der Waals surface area (Å²) in [7, 11) is 0.224. The third-order valence-corrected chi connectivity index (χ3v) is 11.5. The normalized spacial score (nSPS) is 21.5. The molecular weight excluding hydrogens is 813 g/mol. The molecule has 3 aromatic carbocycles. The van der Waals surface area contributed by atoms with Crippen molar-refractivity contribution in [1.82, 2.24) is 19.1 Å². The monoisotopic (exact) mass is 856 g/mol. The first kappa shape index (κ1) is 42.9. The van der Waals surface area contributed by atoms with Gasteiger partial charge >= 0.3 is 19.6 Å². The molecule has 0 spiro atoms. The highest BCUT2D eigenvalue weighted by molar-refractivity contribution is 7.33. The maximum absolute atomic E-state index is 13.7. The van der Waals surface area contributed by atoms with E-state index in [0.29, 0.717) is 11.5 Å². The summed E-state index contributed by atoms with van der Waals surface area (Å²) in [6.07, 6.45) is -2.03. The summed E-state index contributed by atoms with van der Waals surface area (Å²) in [5, 5.41) is 3.79. The average molecular weight is 857 g/mol. The van der Waals surface area contributed by atoms with E-state index < -0.39 is 73.2 Å². The summed E-state index contributed by atoms with van der Waals surface area (Å²) in [6, 6.07) is 23.6. The van der Waals surface area contributed by atoms with Gasteiger partial charge in [-0.2, -0.15) is 0 Å². The van der Waals surface area contributed by atoms with Crippen molar-refractivity contribution in [2.45, 2.75) is 69.1 Å². The van der Waals surface area contributed by atoms with E-state index in [2.05, 4.69) is 20.0 Å². The lowest BCUT2D eigenvalue weighted by atomic mass is 9.80. The highest BCUT2D eigenvalue weighted by Crippen LogP contribution is 2.44. The number of rotatable bonds is 16. The number of hydrogen-bond donors (Lipinski definition) is 2. The largest absolute Gasteiger partial charge is 0.697 e. The van der Waals surface area contributed by atoms with Crippen LogP contribution >= 0.6 is 8.25 Å². The van der Waals surface area contributed by atoms with Gasteiger partial charge in [0.1, 0.15) is 48.4 Å². The minimum Gasteiger partial charge on any atom is -0.497 e. The lowest BCUT2D eigenvalue weighted by molar-refractivity contribution is -0.0924. The topological polar surface area (TPSA) is 240 Å². The molecule has 0 saturated carbocycles. The minimum atomic E-state index is -2.92. The van der Waals surface area contributed by atoms with Crippen LogP contribution in [0.25, 0.3) is 10.4 Å². The van der Waals surface area contributed by atoms with Gasteiger partial charge in [0.2, 0.25) is 0 Å². The maximum Gasteiger partial charge on any atom is 0.697 e. The van der Waals surface area contributed by atoms with Crippen molar-refractivity contribution in [3.05, 3.63) is 171 Å². The molecule has 0 radical (unpaired) electrons. The number of aryl methyl sites for hydroxylation is 2. The zero-order valence-corrected chi connectivity index (χ0v) is 34.4. The van der Waals surface area contributed by atoms with Crippen molar-refractivity contribution in [1.29, 1.82) is 0 Å². The maximum atomic E-state index is 13.7. The molecule has 7 rings (SSSR count). The zero-order chi connectivity index (χ0) is 43.3. The Morgan fingerprint density at radius 1 is 0.754 bits per heavy atom. The summed E-state index contributed by atoms with van der Waals surface area (Å²) in [4.78, 5) is 57.3. The van der Waals surface area contributed by atoms with Gasteiger partial charge in [-0.3, -0.25) is 28.7 Å². The summed E-state index contributed by atoms with van der Waals surface area (Å²) >= 11 is 0. The van der Waals surface area contributed by atoms with E-state index in [-0.39, 0.29) is 37.2 Å². The van der Waals surface area contributed by atoms with Gasteiger partial charge in [-0.15, -0.1) is 9.05 Å². The Morgan fingerprint density at radius 2 is 1.26 bits per heavy atom. The lowest BCUT2D eigenvalue weighted by Crippen LogP contribution is -2.38. The second kappa shape index (κ2) is 18.6. The number of benzene rings is 3. The van der Waals surface area contributed by atoms with Crippen molar-refractivity contribution in [2.24, 2.45) is 5.11 Å². The van der Waals surface area contributed by atoms with E-state index in [1.807, 2.05) is 78.9 Å². The SMILES string of the molecule is COc1ccc(C(OC[C@H]2O[C@@H](n3cc(C)c(=O)[nH]c3=O)C[C@@H]2O[P+](=O)OC[C@H]2O[C@@H](n3cc(C)c(=O)[nH]c3=O)C[C@@H]2N=[N+]=[N-])(c2ccccc2)c2ccc(OC)cc2)cc1. The first-order chi connectivity index (χ1) is 29.4. The van der Waals surface area contributed by atoms with Gasteiger partial charge in [0.25, 0.3) is 11.1 Å². The molecule has 0 bridgehead atoms. The molecule has 19 nitrogen and oxygen atoms in total. The van der Waals surface area contributed by atoms with E-state index in [4.69, 9.17) is 32.7 Å². The molecule has 20 heteroatoms. The van der Waals surface area contributed by atoms with E-state index >= 15 is 0 Å². The van der Waals surface area contributed by atoms with Gasteiger partial charge in [-0.25, -0.2) is 9.59 Å². The van der Waals surface area contributed by atoms with Crippen LogP contribution in [0.2, 0.25) is 0 Å². The number of methoxy groups -OCH3 is 2. The first-order valence-corrected chi connectivity index (χ1v) is 20.3. The van der Waals surface area contributed by atoms with Crippen molar-refractivity contribution < 1.29 is 37.3 Å². The summed E-state index contributed by atoms with van der Waals surface area (Å²) in [5.74, 6) is 1.26. The molecular formula is C41H43N7O12P+. The number of aromatic nitrogens is 4. The molecule has 2 fully saturated rings. The zero-order valence-electron chi connectivity index (χ0n) is 33.5. The summed E-state index contributed by atoms with van der Waals surface area (Å²) < 4.78 is 58.2. The molecule has 2 N–H and O–H groups in total. The van der Waals surface area contributed by atoms with Gasteiger partial charge in [-0.05, 0) is 60.3 Å². The molecule has 7 atom stereocenters. The molecule has 1 unspecified atom stereocenters. The van der Waals surface area contributed by atoms with Crippen molar-refractivity contribution in [3.63, 3.8) is 0 Å². The molecule has 2 aliphatic rings. The van der Waals surface area contributed by atoms with Crippen LogP contribution in [-0.2, 0) is 33.4 Å². The Morgan fingerprint density at radius 3 is 1.79 bits per heavy atom. The number of aromatic amines is 2. The highest BCUT2D eigenvalue weighted by atomic mass is 31.1. The molecule has 5 aromatic rings. The predicted molar refractivity (Wildman–Crippen MR) is 219 cm³/mol. The molecule has 318 valence electrons. The van der Waals surface area contributed by atoms with Crippen LogP contribution < -0.4 is 32.0 Å². The van der Waals surface area contributed by atoms with Crippen molar-refractivity contribution in [3.8, 4) is 11.5 Å². The fourth-order valence-electron chi connectivity index (χ4n) is 7.51. The molecule has 2 aromatic heterocycles. The van der Waals surface area contributed by atoms with Crippen molar-refractivity contribution in [2.75, 3.05) is 27.4 Å². The van der Waals surface area contributed by atoms with Crippen LogP contribution in [0.3, 0.4) is 0 Å². The van der Waals surface area contributed by atoms with Crippen LogP contribution in [-0.4, -0.2) is 70.9 Å². The Kier molecular flexibility index (Phi) is 13.1. The minimum absolute atomic E-state index is 0.00884. The second-order valence-corrected chi connectivity index (χ2v) is 15.4. The first-order valence-electron chi connectivity index (χ1n) is 19.2. The third-order valence-electron chi connectivity index (χ3n) is 10.7. The van der Waals surface area contributed by atoms with Gasteiger partial charge in [0.05, 0.1) is 33.0 Å². The van der Waals surface area contributed by atoms with Crippen LogP contribution in [0, 0.1) is 13.8 Å². The number of H-pyrrole nitrogens is 2. The Balaban J connectivity index is 1.18. The standard InChI is InChI=1S/C41H42N7O12P/c1-24-20-47(39(51)43-37(24)49)35-18-31(45-46-42)33(58-35)23-57-61(53)60-32-19-36(48-21-25(2)38(50)44-40(48)52)59-34(32)22-56-41(26-8-6-5-7-9-26,27-10-14-29(54-3)15-11-27)28-12-16-30(55-4)17-13-28/h5-17,20-21,31-36H,18-19,22-23H2,1-4H3,(H-,43,44,49,50,51,52)/p+1/t31-,32-,33+,34+,35+,36+/m0/s1. The molecule has 0 amide bonds. The Labute approximate surface area is 348 Å². The van der Waals surface area contributed by atoms with Gasteiger partial charge < -0.3 is 23.7 Å². The quantitative estimate of drug-likeness (QED) is 0.0436. The van der Waals surface area contributed by atoms with E-state index in [9.17, 15) is 29.3 Å². The Hall–Kier alpha value is -6.17. The lowest BCUT2D eigenvalue weighted by Gasteiger charge is -2.37. The van der Waals surface area contributed by atoms with Crippen LogP contribution in [0.15, 0.2) is 116 Å². The van der Waals surface area contributed by atoms with E-state index in [1.54, 1.807) is 21.1 Å². The number of nitrogens with one attached hydrogen (secondary N) is 2. The highest BCUT2D eigenvalue weighted by Gasteiger charge is 2.47. The van der Waals surface area contributed by atoms with Gasteiger partial charge in [-0.1, -0.05) is 59.7 Å². The molecule has 0 aliphatic carbocycles. The second-order valence-electron chi connectivity index (χ2n) is 14.4. The predicted octanol–water partition coefficient (Wildman–Crippen LogP) is 5.04. The number of nitrogens with zero attached hydrogens (tertiary/aromatic N) is 5. The third kappa shape index (κ3) is 9.13. The fourth-order valence-corrected chi connectivity index (χ4v) is 8.29. The van der Waals surface area contributed by atoms with Crippen LogP contribution in [0.1, 0.15) is 53.1 Å². The van der Waals surface area contributed by atoms with E-state index in [0.717, 1.165) is 16.7 Å². The van der Waals surface area contributed by atoms with E-state index in [1.165, 1.54) is 28.5 Å². The molecule has 2 saturated heterocycles. The van der Waals surface area contributed by atoms with Gasteiger partial charge in [0, 0.05) is 45.8 Å². The number of azide groups is 1. The van der Waals surface area contributed by atoms with Crippen molar-refractivity contribution >= 4 is 8.25 Å². The van der Waals surface area contributed by atoms with Crippen LogP contribution in [0.5, 0.6) is 11.5 Å². The fraction of sp³-hybridized carbons (Fsp3) is 0.366. The Bertz CT molecular complexity index is 2600. The smallest absolute Gasteiger partial charge is 0.497 e. The summed E-state index contributed by atoms with van der Waals surface area (Å²) in [6.45, 7) is 2.54. The average Bonchev–Trinajstić information content (AvgIpc) is 3.86. The summed E-state index contributed by atoms with van der Waals surface area (Å²) in [5.41, 5.74) is 8.24.